The maximum Gasteiger partial charge on any atom is 0.257 e. The predicted octanol–water partition coefficient (Wildman–Crippen LogP) is 2.07. The van der Waals surface area contributed by atoms with Crippen molar-refractivity contribution in [2.45, 2.75) is 40.0 Å². The van der Waals surface area contributed by atoms with Gasteiger partial charge in [-0.05, 0) is 12.3 Å². The van der Waals surface area contributed by atoms with Crippen molar-refractivity contribution in [1.29, 1.82) is 0 Å². The van der Waals surface area contributed by atoms with E-state index in [1.54, 1.807) is 0 Å². The first-order valence-corrected chi connectivity index (χ1v) is 5.27. The smallest absolute Gasteiger partial charge is 0.257 e. The number of hydrogen-bond donors (Lipinski definition) is 0. The van der Waals surface area contributed by atoms with E-state index in [1.807, 2.05) is 27.7 Å². The van der Waals surface area contributed by atoms with Crippen molar-refractivity contribution in [1.82, 2.24) is 4.73 Å². The molecule has 0 N–H and O–H groups in total. The van der Waals surface area contributed by atoms with E-state index in [1.165, 1.54) is 12.4 Å². The summed E-state index contributed by atoms with van der Waals surface area (Å²) in [6.07, 6.45) is 3.40. The van der Waals surface area contributed by atoms with Gasteiger partial charge in [0.15, 0.2) is 0 Å². The lowest BCUT2D eigenvalue weighted by molar-refractivity contribution is -0.508. The zero-order chi connectivity index (χ0) is 11.6. The van der Waals surface area contributed by atoms with Crippen LogP contribution in [0.1, 0.15) is 45.0 Å². The minimum Gasteiger partial charge on any atom is -0.805 e. The highest BCUT2D eigenvalue weighted by molar-refractivity contribution is 5.04. The molecule has 0 unspecified atom stereocenters. The highest BCUT2D eigenvalue weighted by atomic mass is 16.5. The second kappa shape index (κ2) is 4.47. The summed E-state index contributed by atoms with van der Waals surface area (Å²) >= 11 is 0. The van der Waals surface area contributed by atoms with Gasteiger partial charge in [-0.2, -0.15) is 0 Å². The Kier molecular flexibility index (Phi) is 3.50. The fraction of sp³-hybridized carbons (Fsp3) is 0.636. The molecule has 0 radical (unpaired) electrons. The van der Waals surface area contributed by atoms with E-state index in [9.17, 15) is 10.1 Å². The quantitative estimate of drug-likeness (QED) is 0.717. The zero-order valence-corrected chi connectivity index (χ0v) is 9.73. The van der Waals surface area contributed by atoms with E-state index in [4.69, 9.17) is 0 Å². The second-order valence-electron chi connectivity index (χ2n) is 4.58. The molecule has 1 rings (SSSR count). The van der Waals surface area contributed by atoms with E-state index in [0.717, 1.165) is 9.16 Å². The molecular formula is C11H18N2O2. The molecule has 1 aromatic heterocycles. The molecular weight excluding hydrogens is 192 g/mol. The summed E-state index contributed by atoms with van der Waals surface area (Å²) in [5.74, 6) is 0.436. The Labute approximate surface area is 89.7 Å². The summed E-state index contributed by atoms with van der Waals surface area (Å²) in [6, 6.07) is 0. The van der Waals surface area contributed by atoms with Gasteiger partial charge in [0.05, 0.1) is 16.3 Å². The first kappa shape index (κ1) is 11.8. The van der Waals surface area contributed by atoms with Crippen molar-refractivity contribution in [3.8, 4) is 0 Å². The molecule has 4 nitrogen and oxygen atoms in total. The van der Waals surface area contributed by atoms with Gasteiger partial charge in [-0.3, -0.25) is 0 Å². The number of aromatic nitrogens is 2. The van der Waals surface area contributed by atoms with Gasteiger partial charge >= 0.3 is 0 Å². The van der Waals surface area contributed by atoms with Crippen LogP contribution in [-0.4, -0.2) is 4.73 Å². The lowest BCUT2D eigenvalue weighted by Gasteiger charge is -2.16. The lowest BCUT2D eigenvalue weighted by atomic mass is 10.1. The zero-order valence-electron chi connectivity index (χ0n) is 9.73. The van der Waals surface area contributed by atoms with Gasteiger partial charge in [0.25, 0.3) is 5.69 Å². The summed E-state index contributed by atoms with van der Waals surface area (Å²) in [7, 11) is 0. The van der Waals surface area contributed by atoms with Gasteiger partial charge in [0, 0.05) is 10.8 Å². The van der Waals surface area contributed by atoms with E-state index in [-0.39, 0.29) is 5.92 Å². The molecule has 0 bridgehead atoms. The van der Waals surface area contributed by atoms with Crippen LogP contribution in [0.3, 0.4) is 0 Å². The minimum absolute atomic E-state index is 0.0656. The van der Waals surface area contributed by atoms with Crippen molar-refractivity contribution in [2.24, 2.45) is 5.92 Å². The molecule has 1 heterocycles. The monoisotopic (exact) mass is 210 g/mol. The minimum atomic E-state index is 0.0656. The molecule has 0 fully saturated rings. The Balaban J connectivity index is 3.14. The van der Waals surface area contributed by atoms with Crippen molar-refractivity contribution in [3.63, 3.8) is 0 Å². The summed E-state index contributed by atoms with van der Waals surface area (Å²) in [5.41, 5.74) is 1.04. The molecule has 0 saturated carbocycles. The van der Waals surface area contributed by atoms with Gasteiger partial charge in [-0.25, -0.2) is 0 Å². The number of rotatable bonds is 3. The third kappa shape index (κ3) is 2.81. The van der Waals surface area contributed by atoms with Crippen LogP contribution in [0.2, 0.25) is 0 Å². The molecule has 0 aliphatic rings. The molecule has 0 aliphatic heterocycles. The van der Waals surface area contributed by atoms with Crippen molar-refractivity contribution < 1.29 is 4.43 Å². The van der Waals surface area contributed by atoms with Crippen LogP contribution in [0.4, 0.5) is 0 Å². The molecule has 0 aromatic carbocycles. The van der Waals surface area contributed by atoms with Gasteiger partial charge in [-0.1, -0.05) is 27.7 Å². The third-order valence-corrected chi connectivity index (χ3v) is 2.26. The molecule has 15 heavy (non-hydrogen) atoms. The average molecular weight is 210 g/mol. The summed E-state index contributed by atoms with van der Waals surface area (Å²) in [5, 5.41) is 11.6. The van der Waals surface area contributed by atoms with Gasteiger partial charge in [0.1, 0.15) is 0 Å². The summed E-state index contributed by atoms with van der Waals surface area (Å²) < 4.78 is 1.61. The summed E-state index contributed by atoms with van der Waals surface area (Å²) in [4.78, 5) is 11.6. The third-order valence-electron chi connectivity index (χ3n) is 2.26. The Morgan fingerprint density at radius 2 is 2.00 bits per heavy atom. The van der Waals surface area contributed by atoms with Crippen LogP contribution in [0.15, 0.2) is 12.4 Å². The fourth-order valence-electron chi connectivity index (χ4n) is 1.49. The van der Waals surface area contributed by atoms with Crippen LogP contribution < -0.4 is 4.43 Å². The molecule has 0 atom stereocenters. The fourth-order valence-corrected chi connectivity index (χ4v) is 1.49. The first-order chi connectivity index (χ1) is 6.91. The van der Waals surface area contributed by atoms with Gasteiger partial charge < -0.3 is 9.94 Å². The molecule has 1 aromatic rings. The van der Waals surface area contributed by atoms with E-state index in [0.29, 0.717) is 23.7 Å². The van der Waals surface area contributed by atoms with Crippen LogP contribution in [0, 0.1) is 16.0 Å². The van der Waals surface area contributed by atoms with Crippen LogP contribution in [0.25, 0.3) is 0 Å². The Hall–Kier alpha value is -1.32. The average Bonchev–Trinajstić information content (AvgIpc) is 2.09. The Morgan fingerprint density at radius 3 is 2.47 bits per heavy atom. The highest BCUT2D eigenvalue weighted by Gasteiger charge is 2.15. The van der Waals surface area contributed by atoms with E-state index >= 15 is 0 Å². The van der Waals surface area contributed by atoms with Gasteiger partial charge in [0.2, 0.25) is 6.20 Å². The highest BCUT2D eigenvalue weighted by Crippen LogP contribution is 2.11. The predicted molar refractivity (Wildman–Crippen MR) is 59.2 cm³/mol. The van der Waals surface area contributed by atoms with E-state index in [2.05, 4.69) is 0 Å². The largest absolute Gasteiger partial charge is 0.805 e. The summed E-state index contributed by atoms with van der Waals surface area (Å²) in [6.45, 7) is 7.83. The van der Waals surface area contributed by atoms with Crippen molar-refractivity contribution in [2.75, 3.05) is 0 Å². The van der Waals surface area contributed by atoms with Crippen LogP contribution >= 0.6 is 0 Å². The van der Waals surface area contributed by atoms with Crippen LogP contribution in [-0.2, 0) is 6.42 Å². The van der Waals surface area contributed by atoms with Gasteiger partial charge in [-0.15, -0.1) is 0 Å². The Morgan fingerprint density at radius 1 is 1.40 bits per heavy atom. The lowest BCUT2D eigenvalue weighted by Crippen LogP contribution is -2.25. The number of nitrogens with zero attached hydrogens (tertiary/aromatic N) is 2. The number of hydrogen-bond acceptors (Lipinski definition) is 2. The maximum absolute atomic E-state index is 11.6. The van der Waals surface area contributed by atoms with Crippen molar-refractivity contribution >= 4 is 0 Å². The van der Waals surface area contributed by atoms with E-state index < -0.39 is 0 Å². The maximum atomic E-state index is 11.6. The molecule has 0 amide bonds. The standard InChI is InChI=1S/C11H18N2O2/c1-8(2)5-10-6-13(15)11(9(3)4)7-12(10)14/h6-9H,5H2,1-4H3. The SMILES string of the molecule is CC(C)Cc1c[n+](=O)c(C(C)C)cn1[O-]. The molecule has 0 aliphatic carbocycles. The molecule has 0 spiro atoms. The Bertz CT molecular complexity index is 394. The topological polar surface area (TPSA) is 51.0 Å². The van der Waals surface area contributed by atoms with Crippen molar-refractivity contribution in [3.05, 3.63) is 33.9 Å². The molecule has 0 saturated heterocycles. The second-order valence-corrected chi connectivity index (χ2v) is 4.58. The van der Waals surface area contributed by atoms with Crippen LogP contribution in [0.5, 0.6) is 0 Å². The first-order valence-electron chi connectivity index (χ1n) is 5.27. The normalized spacial score (nSPS) is 11.3. The molecule has 84 valence electrons. The molecule has 4 heteroatoms.